The van der Waals surface area contributed by atoms with Crippen molar-refractivity contribution in [2.24, 2.45) is 0 Å². The van der Waals surface area contributed by atoms with Crippen molar-refractivity contribution in [1.29, 1.82) is 0 Å². The number of aliphatic hydroxyl groups excluding tert-OH is 1. The third-order valence-corrected chi connectivity index (χ3v) is 3.51. The minimum Gasteiger partial charge on any atom is -0.384 e. The van der Waals surface area contributed by atoms with Gasteiger partial charge in [-0.3, -0.25) is 4.79 Å². The van der Waals surface area contributed by atoms with Gasteiger partial charge in [0, 0.05) is 16.6 Å². The fraction of sp³-hybridized carbons (Fsp3) is 0.133. The summed E-state index contributed by atoms with van der Waals surface area (Å²) in [5.74, 6) is 4.58. The lowest BCUT2D eigenvalue weighted by molar-refractivity contribution is 0.102. The summed E-state index contributed by atoms with van der Waals surface area (Å²) in [5, 5.41) is 13.0. The number of hydrogen-bond donors (Lipinski definition) is 2. The maximum atomic E-state index is 13.4. The van der Waals surface area contributed by atoms with Gasteiger partial charge >= 0.3 is 0 Å². The van der Waals surface area contributed by atoms with Crippen LogP contribution in [-0.4, -0.2) is 17.6 Å². The van der Waals surface area contributed by atoms with Crippen LogP contribution < -0.4 is 5.32 Å². The molecular weight excluding hydrogens is 277 g/mol. The molecule has 0 unspecified atom stereocenters. The summed E-state index contributed by atoms with van der Waals surface area (Å²) in [6.07, 6.45) is 0. The molecule has 20 heavy (non-hydrogen) atoms. The van der Waals surface area contributed by atoms with Gasteiger partial charge < -0.3 is 10.4 Å². The normalized spacial score (nSPS) is 9.75. The Morgan fingerprint density at radius 2 is 2.30 bits per heavy atom. The van der Waals surface area contributed by atoms with Gasteiger partial charge in [0.2, 0.25) is 0 Å². The fourth-order valence-corrected chi connectivity index (χ4v) is 2.34. The molecule has 1 heterocycles. The Hall–Kier alpha value is -2.16. The molecule has 0 aliphatic rings. The Kier molecular flexibility index (Phi) is 4.51. The maximum absolute atomic E-state index is 13.4. The predicted molar refractivity (Wildman–Crippen MR) is 77.4 cm³/mol. The zero-order valence-electron chi connectivity index (χ0n) is 10.7. The third kappa shape index (κ3) is 3.23. The van der Waals surface area contributed by atoms with Crippen molar-refractivity contribution in [2.75, 3.05) is 11.9 Å². The first-order valence-electron chi connectivity index (χ1n) is 5.86. The van der Waals surface area contributed by atoms with Gasteiger partial charge in [-0.15, -0.1) is 11.3 Å². The van der Waals surface area contributed by atoms with Gasteiger partial charge in [-0.25, -0.2) is 4.39 Å². The summed E-state index contributed by atoms with van der Waals surface area (Å²) in [5.41, 5.74) is 1.31. The minimum atomic E-state index is -0.359. The molecule has 0 radical (unpaired) electrons. The van der Waals surface area contributed by atoms with E-state index in [2.05, 4.69) is 17.2 Å². The Balaban J connectivity index is 2.16. The van der Waals surface area contributed by atoms with Gasteiger partial charge in [-0.2, -0.15) is 0 Å². The fourth-order valence-electron chi connectivity index (χ4n) is 1.58. The van der Waals surface area contributed by atoms with E-state index < -0.39 is 0 Å². The molecule has 0 saturated carbocycles. The first-order valence-corrected chi connectivity index (χ1v) is 6.74. The van der Waals surface area contributed by atoms with Crippen molar-refractivity contribution in [3.63, 3.8) is 0 Å². The van der Waals surface area contributed by atoms with E-state index in [1.165, 1.54) is 17.4 Å². The first kappa shape index (κ1) is 14.3. The molecule has 0 bridgehead atoms. The second kappa shape index (κ2) is 6.33. The quantitative estimate of drug-likeness (QED) is 0.835. The summed E-state index contributed by atoms with van der Waals surface area (Å²) in [6, 6.07) is 6.17. The van der Waals surface area contributed by atoms with Gasteiger partial charge in [-0.1, -0.05) is 17.9 Å². The number of carbonyl (C=O) groups excluding carboxylic acids is 1. The lowest BCUT2D eigenvalue weighted by Crippen LogP contribution is -2.12. The molecule has 2 rings (SSSR count). The highest BCUT2D eigenvalue weighted by atomic mass is 32.1. The maximum Gasteiger partial charge on any atom is 0.256 e. The summed E-state index contributed by atoms with van der Waals surface area (Å²) < 4.78 is 13.4. The van der Waals surface area contributed by atoms with Crippen molar-refractivity contribution in [1.82, 2.24) is 0 Å². The van der Waals surface area contributed by atoms with Gasteiger partial charge in [0.15, 0.2) is 0 Å². The van der Waals surface area contributed by atoms with Gasteiger partial charge in [0.25, 0.3) is 5.91 Å². The molecule has 1 amide bonds. The Bertz CT molecular complexity index is 697. The van der Waals surface area contributed by atoms with E-state index in [1.54, 1.807) is 30.5 Å². The van der Waals surface area contributed by atoms with E-state index in [0.717, 1.165) is 0 Å². The van der Waals surface area contributed by atoms with Crippen LogP contribution in [0.15, 0.2) is 29.6 Å². The van der Waals surface area contributed by atoms with Crippen LogP contribution in [0, 0.1) is 24.6 Å². The van der Waals surface area contributed by atoms with Crippen molar-refractivity contribution in [3.8, 4) is 11.8 Å². The van der Waals surface area contributed by atoms with E-state index in [0.29, 0.717) is 21.7 Å². The number of carbonyl (C=O) groups is 1. The molecule has 0 fully saturated rings. The zero-order chi connectivity index (χ0) is 14.5. The number of halogens is 1. The molecule has 0 aliphatic heterocycles. The summed E-state index contributed by atoms with van der Waals surface area (Å²) in [4.78, 5) is 12.7. The second-order valence-electron chi connectivity index (χ2n) is 4.03. The van der Waals surface area contributed by atoms with E-state index in [4.69, 9.17) is 5.11 Å². The average molecular weight is 289 g/mol. The van der Waals surface area contributed by atoms with Crippen molar-refractivity contribution >= 4 is 22.9 Å². The van der Waals surface area contributed by atoms with E-state index >= 15 is 0 Å². The molecule has 2 N–H and O–H groups in total. The molecule has 3 nitrogen and oxygen atoms in total. The minimum absolute atomic E-state index is 0.220. The highest BCUT2D eigenvalue weighted by molar-refractivity contribution is 7.10. The van der Waals surface area contributed by atoms with E-state index in [9.17, 15) is 9.18 Å². The number of anilines is 1. The Labute approximate surface area is 120 Å². The molecule has 102 valence electrons. The summed E-state index contributed by atoms with van der Waals surface area (Å²) in [7, 11) is 0. The summed E-state index contributed by atoms with van der Waals surface area (Å²) in [6.45, 7) is 1.39. The molecule has 0 spiro atoms. The number of hydrogen-bond acceptors (Lipinski definition) is 3. The van der Waals surface area contributed by atoms with Gasteiger partial charge in [0.05, 0.1) is 10.4 Å². The first-order chi connectivity index (χ1) is 9.61. The lowest BCUT2D eigenvalue weighted by atomic mass is 10.2. The van der Waals surface area contributed by atoms with Crippen LogP contribution >= 0.6 is 11.3 Å². The van der Waals surface area contributed by atoms with Gasteiger partial charge in [-0.05, 0) is 25.1 Å². The number of amides is 1. The predicted octanol–water partition coefficient (Wildman–Crippen LogP) is 2.79. The van der Waals surface area contributed by atoms with E-state index in [-0.39, 0.29) is 18.3 Å². The second-order valence-corrected chi connectivity index (χ2v) is 4.94. The van der Waals surface area contributed by atoms with Crippen molar-refractivity contribution < 1.29 is 14.3 Å². The molecule has 2 aromatic rings. The number of nitrogens with one attached hydrogen (secondary N) is 1. The molecule has 5 heteroatoms. The van der Waals surface area contributed by atoms with E-state index in [1.807, 2.05) is 0 Å². The van der Waals surface area contributed by atoms with Crippen LogP contribution in [0.1, 0.15) is 20.8 Å². The van der Waals surface area contributed by atoms with Crippen LogP contribution in [-0.2, 0) is 0 Å². The molecule has 0 saturated heterocycles. The number of benzene rings is 1. The molecular formula is C15H12FNO2S. The lowest BCUT2D eigenvalue weighted by Gasteiger charge is -2.07. The average Bonchev–Trinajstić information content (AvgIpc) is 2.90. The van der Waals surface area contributed by atoms with Crippen LogP contribution in [0.25, 0.3) is 0 Å². The van der Waals surface area contributed by atoms with Crippen LogP contribution in [0.4, 0.5) is 10.1 Å². The molecule has 1 aromatic heterocycles. The molecule has 1 aromatic carbocycles. The SMILES string of the molecule is Cc1c(F)cccc1NC(=O)c1csc(C#CCO)c1. The molecule has 0 atom stereocenters. The highest BCUT2D eigenvalue weighted by Crippen LogP contribution is 2.20. The van der Waals surface area contributed by atoms with Gasteiger partial charge in [0.1, 0.15) is 12.4 Å². The molecule has 0 aliphatic carbocycles. The summed E-state index contributed by atoms with van der Waals surface area (Å²) >= 11 is 1.32. The number of aliphatic hydroxyl groups is 1. The topological polar surface area (TPSA) is 49.3 Å². The number of thiophene rings is 1. The monoisotopic (exact) mass is 289 g/mol. The van der Waals surface area contributed by atoms with Crippen LogP contribution in [0.5, 0.6) is 0 Å². The highest BCUT2D eigenvalue weighted by Gasteiger charge is 2.11. The van der Waals surface area contributed by atoms with Crippen LogP contribution in [0.2, 0.25) is 0 Å². The standard InChI is InChI=1S/C15H12FNO2S/c1-10-13(16)5-2-6-14(10)17-15(19)11-8-12(20-9-11)4-3-7-18/h2,5-6,8-9,18H,7H2,1H3,(H,17,19). The Morgan fingerprint density at radius 1 is 1.50 bits per heavy atom. The smallest absolute Gasteiger partial charge is 0.256 e. The third-order valence-electron chi connectivity index (χ3n) is 2.67. The van der Waals surface area contributed by atoms with Crippen LogP contribution in [0.3, 0.4) is 0 Å². The van der Waals surface area contributed by atoms with Crippen molar-refractivity contribution in [2.45, 2.75) is 6.92 Å². The van der Waals surface area contributed by atoms with Crippen molar-refractivity contribution in [3.05, 3.63) is 51.5 Å². The Morgan fingerprint density at radius 3 is 3.05 bits per heavy atom. The zero-order valence-corrected chi connectivity index (χ0v) is 11.6. The number of rotatable bonds is 2. The largest absolute Gasteiger partial charge is 0.384 e.